The van der Waals surface area contributed by atoms with Crippen molar-refractivity contribution >= 4 is 29.3 Å². The van der Waals surface area contributed by atoms with Crippen molar-refractivity contribution in [3.8, 4) is 0 Å². The van der Waals surface area contributed by atoms with E-state index >= 15 is 0 Å². The molecule has 1 aliphatic rings. The quantitative estimate of drug-likeness (QED) is 0.601. The first kappa shape index (κ1) is 23.0. The van der Waals surface area contributed by atoms with Crippen molar-refractivity contribution in [3.63, 3.8) is 0 Å². The molecule has 0 bridgehead atoms. The highest BCUT2D eigenvalue weighted by Crippen LogP contribution is 2.42. The second kappa shape index (κ2) is 10.1. The van der Waals surface area contributed by atoms with Crippen LogP contribution in [0.15, 0.2) is 48.5 Å². The number of benzene rings is 2. The highest BCUT2D eigenvalue weighted by atomic mass is 35.5. The third-order valence-corrected chi connectivity index (χ3v) is 6.05. The number of ether oxygens (including phenoxy) is 2. The molecule has 1 fully saturated rings. The Morgan fingerprint density at radius 1 is 1.13 bits per heavy atom. The zero-order valence-electron chi connectivity index (χ0n) is 17.7. The summed E-state index contributed by atoms with van der Waals surface area (Å²) in [6.07, 6.45) is 2.42. The number of halogens is 1. The highest BCUT2D eigenvalue weighted by Gasteiger charge is 2.48. The van der Waals surface area contributed by atoms with Gasteiger partial charge in [0.15, 0.2) is 12.4 Å². The van der Waals surface area contributed by atoms with E-state index in [9.17, 15) is 14.4 Å². The Hall–Kier alpha value is -2.70. The van der Waals surface area contributed by atoms with Gasteiger partial charge >= 0.3 is 5.97 Å². The number of rotatable bonds is 7. The number of hydrogen-bond acceptors (Lipinski definition) is 5. The molecule has 3 rings (SSSR count). The number of carbonyl (C=O) groups excluding carboxylic acids is 3. The summed E-state index contributed by atoms with van der Waals surface area (Å²) in [6, 6.07) is 13.9. The van der Waals surface area contributed by atoms with Gasteiger partial charge < -0.3 is 14.4 Å². The summed E-state index contributed by atoms with van der Waals surface area (Å²) in [6.45, 7) is -0.103. The average molecular weight is 444 g/mol. The van der Waals surface area contributed by atoms with E-state index < -0.39 is 24.0 Å². The normalized spacial score (nSPS) is 18.5. The minimum absolute atomic E-state index is 0.0544. The number of methoxy groups -OCH3 is 1. The Morgan fingerprint density at radius 3 is 2.61 bits per heavy atom. The number of likely N-dealkylation sites (N-methyl/N-ethyl adjacent to an activating group) is 1. The molecule has 1 atom stereocenters. The first-order valence-electron chi connectivity index (χ1n) is 10.2. The first-order chi connectivity index (χ1) is 14.9. The third kappa shape index (κ3) is 4.81. The highest BCUT2D eigenvalue weighted by molar-refractivity contribution is 6.31. The van der Waals surface area contributed by atoms with Gasteiger partial charge in [0, 0.05) is 31.2 Å². The van der Waals surface area contributed by atoms with Crippen LogP contribution in [0.4, 0.5) is 0 Å². The van der Waals surface area contributed by atoms with Gasteiger partial charge in [-0.15, -0.1) is 0 Å². The van der Waals surface area contributed by atoms with E-state index in [0.717, 1.165) is 18.4 Å². The van der Waals surface area contributed by atoms with Crippen molar-refractivity contribution in [3.05, 3.63) is 70.2 Å². The van der Waals surface area contributed by atoms with Crippen molar-refractivity contribution in [1.29, 1.82) is 0 Å². The number of carbonyl (C=O) groups is 3. The van der Waals surface area contributed by atoms with Gasteiger partial charge in [-0.25, -0.2) is 4.79 Å². The molecule has 0 saturated heterocycles. The van der Waals surface area contributed by atoms with E-state index in [1.807, 2.05) is 6.07 Å². The number of hydrogen-bond donors (Lipinski definition) is 0. The number of ketones is 1. The molecule has 0 radical (unpaired) electrons. The maximum absolute atomic E-state index is 13.1. The summed E-state index contributed by atoms with van der Waals surface area (Å²) in [5.41, 5.74) is 0.611. The van der Waals surface area contributed by atoms with Crippen molar-refractivity contribution < 1.29 is 23.9 Å². The number of nitrogens with zero attached hydrogens (tertiary/aromatic N) is 1. The molecule has 1 saturated carbocycles. The van der Waals surface area contributed by atoms with Gasteiger partial charge in [0.2, 0.25) is 0 Å². The fraction of sp³-hybridized carbons (Fsp3) is 0.375. The molecule has 0 aliphatic heterocycles. The van der Waals surface area contributed by atoms with Gasteiger partial charge in [0.25, 0.3) is 5.91 Å². The zero-order chi connectivity index (χ0) is 22.4. The summed E-state index contributed by atoms with van der Waals surface area (Å²) in [7, 11) is 3.14. The van der Waals surface area contributed by atoms with E-state index in [-0.39, 0.29) is 5.78 Å². The Labute approximate surface area is 187 Å². The lowest BCUT2D eigenvalue weighted by atomic mass is 9.74. The molecular weight excluding hydrogens is 418 g/mol. The largest absolute Gasteiger partial charge is 0.452 e. The van der Waals surface area contributed by atoms with Gasteiger partial charge in [-0.3, -0.25) is 9.59 Å². The number of amides is 1. The molecule has 7 heteroatoms. The third-order valence-electron chi connectivity index (χ3n) is 5.72. The predicted molar refractivity (Wildman–Crippen MR) is 117 cm³/mol. The van der Waals surface area contributed by atoms with Gasteiger partial charge in [0.05, 0.1) is 12.2 Å². The molecule has 2 aromatic rings. The summed E-state index contributed by atoms with van der Waals surface area (Å²) in [4.78, 5) is 40.0. The van der Waals surface area contributed by atoms with Gasteiger partial charge in [-0.05, 0) is 43.0 Å². The lowest BCUT2D eigenvalue weighted by Gasteiger charge is -2.43. The van der Waals surface area contributed by atoms with Crippen LogP contribution >= 0.6 is 11.6 Å². The Balaban J connectivity index is 1.78. The molecule has 1 unspecified atom stereocenters. The molecule has 6 nitrogen and oxygen atoms in total. The molecule has 0 heterocycles. The van der Waals surface area contributed by atoms with Crippen molar-refractivity contribution in [1.82, 2.24) is 4.90 Å². The minimum atomic E-state index is -1.15. The minimum Gasteiger partial charge on any atom is -0.452 e. The average Bonchev–Trinajstić information content (AvgIpc) is 2.78. The summed E-state index contributed by atoms with van der Waals surface area (Å²) in [5.74, 6) is -1.13. The Bertz CT molecular complexity index is 976. The lowest BCUT2D eigenvalue weighted by Crippen LogP contribution is -2.55. The number of Topliss-reactive ketones (excluding diaryl/α,β-unsaturated/α-hetero) is 1. The van der Waals surface area contributed by atoms with Crippen LogP contribution in [-0.2, 0) is 31.2 Å². The van der Waals surface area contributed by atoms with E-state index in [4.69, 9.17) is 21.1 Å². The monoisotopic (exact) mass is 443 g/mol. The Morgan fingerprint density at radius 2 is 1.90 bits per heavy atom. The molecule has 0 aromatic heterocycles. The molecule has 31 heavy (non-hydrogen) atoms. The standard InChI is InChI=1S/C24H26ClNO5/c1-26(22(28)16-31-23(29)18-9-7-8-17(14-18)15-30-2)24(13-6-5-12-21(24)27)19-10-3-4-11-20(19)25/h3-4,7-11,14H,5-6,12-13,15-16H2,1-2H3. The molecule has 2 aromatic carbocycles. The van der Waals surface area contributed by atoms with Crippen LogP contribution in [0.25, 0.3) is 0 Å². The fourth-order valence-electron chi connectivity index (χ4n) is 4.10. The van der Waals surface area contributed by atoms with E-state index in [2.05, 4.69) is 0 Å². The van der Waals surface area contributed by atoms with E-state index in [1.54, 1.807) is 56.6 Å². The second-order valence-electron chi connectivity index (χ2n) is 7.63. The molecule has 164 valence electrons. The summed E-state index contributed by atoms with van der Waals surface area (Å²) in [5, 5.41) is 0.435. The van der Waals surface area contributed by atoms with Crippen molar-refractivity contribution in [2.24, 2.45) is 0 Å². The molecular formula is C24H26ClNO5. The summed E-state index contributed by atoms with van der Waals surface area (Å²) < 4.78 is 10.3. The molecule has 1 amide bonds. The maximum atomic E-state index is 13.1. The lowest BCUT2D eigenvalue weighted by molar-refractivity contribution is -0.150. The second-order valence-corrected chi connectivity index (χ2v) is 8.04. The first-order valence-corrected chi connectivity index (χ1v) is 10.6. The van der Waals surface area contributed by atoms with Crippen LogP contribution < -0.4 is 0 Å². The van der Waals surface area contributed by atoms with Crippen LogP contribution in [0.5, 0.6) is 0 Å². The SMILES string of the molecule is COCc1cccc(C(=O)OCC(=O)N(C)C2(c3ccccc3Cl)CCCCC2=O)c1. The van der Waals surface area contributed by atoms with Gasteiger partial charge in [-0.2, -0.15) is 0 Å². The number of esters is 1. The van der Waals surface area contributed by atoms with E-state index in [0.29, 0.717) is 35.6 Å². The summed E-state index contributed by atoms with van der Waals surface area (Å²) >= 11 is 6.42. The van der Waals surface area contributed by atoms with Gasteiger partial charge in [0.1, 0.15) is 5.54 Å². The fourth-order valence-corrected chi connectivity index (χ4v) is 4.40. The maximum Gasteiger partial charge on any atom is 0.338 e. The van der Waals surface area contributed by atoms with Crippen LogP contribution in [0.1, 0.15) is 47.2 Å². The predicted octanol–water partition coefficient (Wildman–Crippen LogP) is 4.14. The Kier molecular flexibility index (Phi) is 7.46. The molecule has 0 spiro atoms. The van der Waals surface area contributed by atoms with Crippen LogP contribution in [0.2, 0.25) is 5.02 Å². The molecule has 0 N–H and O–H groups in total. The smallest absolute Gasteiger partial charge is 0.338 e. The van der Waals surface area contributed by atoms with Crippen LogP contribution in [0, 0.1) is 0 Å². The van der Waals surface area contributed by atoms with Crippen LogP contribution in [-0.4, -0.2) is 43.3 Å². The van der Waals surface area contributed by atoms with E-state index in [1.165, 1.54) is 4.90 Å². The topological polar surface area (TPSA) is 72.9 Å². The zero-order valence-corrected chi connectivity index (χ0v) is 18.5. The van der Waals surface area contributed by atoms with Crippen molar-refractivity contribution in [2.75, 3.05) is 20.8 Å². The van der Waals surface area contributed by atoms with Gasteiger partial charge in [-0.1, -0.05) is 41.9 Å². The van der Waals surface area contributed by atoms with Crippen molar-refractivity contribution in [2.45, 2.75) is 37.8 Å². The van der Waals surface area contributed by atoms with Crippen LogP contribution in [0.3, 0.4) is 0 Å². The molecule has 1 aliphatic carbocycles.